The number of aromatic nitrogens is 2. The first-order valence-electron chi connectivity index (χ1n) is 9.01. The van der Waals surface area contributed by atoms with Crippen LogP contribution < -0.4 is 0 Å². The zero-order valence-corrected chi connectivity index (χ0v) is 16.0. The van der Waals surface area contributed by atoms with Gasteiger partial charge >= 0.3 is 0 Å². The fourth-order valence-corrected chi connectivity index (χ4v) is 3.34. The van der Waals surface area contributed by atoms with Gasteiger partial charge in [0.1, 0.15) is 11.3 Å². The Morgan fingerprint density at radius 2 is 1.93 bits per heavy atom. The number of aryl methyl sites for hydroxylation is 1. The lowest BCUT2D eigenvalue weighted by atomic mass is 9.83. The fourth-order valence-electron chi connectivity index (χ4n) is 3.34. The Morgan fingerprint density at radius 1 is 1.30 bits per heavy atom. The Balaban J connectivity index is 1.99. The zero-order chi connectivity index (χ0) is 19.9. The second-order valence-electron chi connectivity index (χ2n) is 8.05. The minimum Gasteiger partial charge on any atom is -0.331 e. The normalized spacial score (nSPS) is 14.7. The standard InChI is InChI=1S/C20H24F3N3O/c1-20(2,3)14-8-6-5-7-12(14)11-26(13-9-10-13)19(27)15-16(17(21)22)24-25(4)18(15)23/h5-8,13,17H,9-11H2,1-4H3. The van der Waals surface area contributed by atoms with E-state index in [2.05, 4.69) is 25.9 Å². The molecule has 27 heavy (non-hydrogen) atoms. The molecule has 0 aliphatic heterocycles. The van der Waals surface area contributed by atoms with Gasteiger partial charge in [0.15, 0.2) is 0 Å². The number of halogens is 3. The summed E-state index contributed by atoms with van der Waals surface area (Å²) < 4.78 is 41.7. The molecule has 1 heterocycles. The minimum absolute atomic E-state index is 0.0596. The van der Waals surface area contributed by atoms with Gasteiger partial charge in [-0.3, -0.25) is 4.79 Å². The van der Waals surface area contributed by atoms with Gasteiger partial charge in [0.05, 0.1) is 0 Å². The molecule has 3 rings (SSSR count). The topological polar surface area (TPSA) is 38.1 Å². The van der Waals surface area contributed by atoms with E-state index in [-0.39, 0.29) is 18.0 Å². The van der Waals surface area contributed by atoms with Crippen LogP contribution in [0.5, 0.6) is 0 Å². The van der Waals surface area contributed by atoms with E-state index in [1.54, 1.807) is 0 Å². The summed E-state index contributed by atoms with van der Waals surface area (Å²) in [6.45, 7) is 6.48. The van der Waals surface area contributed by atoms with E-state index >= 15 is 0 Å². The molecule has 2 aromatic rings. The van der Waals surface area contributed by atoms with Crippen molar-refractivity contribution in [3.05, 3.63) is 52.6 Å². The van der Waals surface area contributed by atoms with Gasteiger partial charge in [-0.15, -0.1) is 0 Å². The molecule has 146 valence electrons. The SMILES string of the molecule is Cn1nc(C(F)F)c(C(=O)N(Cc2ccccc2C(C)(C)C)C2CC2)c1F. The first-order valence-corrected chi connectivity index (χ1v) is 9.01. The molecular formula is C20H24F3N3O. The highest BCUT2D eigenvalue weighted by atomic mass is 19.3. The van der Waals surface area contributed by atoms with Crippen LogP contribution in [0.2, 0.25) is 0 Å². The quantitative estimate of drug-likeness (QED) is 0.762. The van der Waals surface area contributed by atoms with Crippen LogP contribution in [0.1, 0.15) is 67.2 Å². The lowest BCUT2D eigenvalue weighted by molar-refractivity contribution is 0.0711. The summed E-state index contributed by atoms with van der Waals surface area (Å²) in [6, 6.07) is 7.69. The van der Waals surface area contributed by atoms with Crippen molar-refractivity contribution in [3.8, 4) is 0 Å². The number of alkyl halides is 2. The largest absolute Gasteiger partial charge is 0.331 e. The smallest absolute Gasteiger partial charge is 0.283 e. The maximum atomic E-state index is 14.4. The Morgan fingerprint density at radius 3 is 2.48 bits per heavy atom. The number of hydrogen-bond donors (Lipinski definition) is 0. The van der Waals surface area contributed by atoms with Crippen molar-refractivity contribution in [2.75, 3.05) is 0 Å². The van der Waals surface area contributed by atoms with E-state index in [0.29, 0.717) is 4.68 Å². The molecule has 1 saturated carbocycles. The molecule has 7 heteroatoms. The number of nitrogens with zero attached hydrogens (tertiary/aromatic N) is 3. The average molecular weight is 379 g/mol. The van der Waals surface area contributed by atoms with E-state index in [0.717, 1.165) is 24.0 Å². The van der Waals surface area contributed by atoms with Crippen molar-refractivity contribution in [1.82, 2.24) is 14.7 Å². The average Bonchev–Trinajstić information content (AvgIpc) is 3.38. The van der Waals surface area contributed by atoms with Crippen LogP contribution in [0.15, 0.2) is 24.3 Å². The number of rotatable bonds is 5. The number of amides is 1. The molecule has 0 bridgehead atoms. The summed E-state index contributed by atoms with van der Waals surface area (Å²) >= 11 is 0. The molecule has 1 aromatic heterocycles. The van der Waals surface area contributed by atoms with Gasteiger partial charge < -0.3 is 4.90 Å². The molecular weight excluding hydrogens is 355 g/mol. The molecule has 0 radical (unpaired) electrons. The van der Waals surface area contributed by atoms with Gasteiger partial charge in [-0.2, -0.15) is 9.49 Å². The van der Waals surface area contributed by atoms with Gasteiger partial charge in [0.2, 0.25) is 5.95 Å². The third kappa shape index (κ3) is 3.87. The first-order chi connectivity index (χ1) is 12.6. The van der Waals surface area contributed by atoms with Crippen molar-refractivity contribution in [1.29, 1.82) is 0 Å². The lowest BCUT2D eigenvalue weighted by Gasteiger charge is -2.28. The summed E-state index contributed by atoms with van der Waals surface area (Å²) in [5, 5.41) is 3.50. The van der Waals surface area contributed by atoms with Gasteiger partial charge in [-0.05, 0) is 29.4 Å². The summed E-state index contributed by atoms with van der Waals surface area (Å²) in [6.07, 6.45) is -1.44. The molecule has 0 N–H and O–H groups in total. The number of carbonyl (C=O) groups excluding carboxylic acids is 1. The van der Waals surface area contributed by atoms with Crippen LogP contribution in [-0.4, -0.2) is 26.6 Å². The summed E-state index contributed by atoms with van der Waals surface area (Å²) in [4.78, 5) is 14.6. The van der Waals surface area contributed by atoms with Gasteiger partial charge in [0.25, 0.3) is 12.3 Å². The van der Waals surface area contributed by atoms with Crippen molar-refractivity contribution in [2.45, 2.75) is 58.0 Å². The van der Waals surface area contributed by atoms with Crippen LogP contribution in [0.3, 0.4) is 0 Å². The van der Waals surface area contributed by atoms with E-state index < -0.39 is 29.5 Å². The highest BCUT2D eigenvalue weighted by Gasteiger charge is 2.38. The third-order valence-electron chi connectivity index (χ3n) is 4.84. The van der Waals surface area contributed by atoms with Gasteiger partial charge in [-0.1, -0.05) is 45.0 Å². The van der Waals surface area contributed by atoms with E-state index in [4.69, 9.17) is 0 Å². The Kier molecular flexibility index (Phi) is 5.06. The maximum Gasteiger partial charge on any atom is 0.283 e. The third-order valence-corrected chi connectivity index (χ3v) is 4.84. The fraction of sp³-hybridized carbons (Fsp3) is 0.500. The summed E-state index contributed by atoms with van der Waals surface area (Å²) in [5.41, 5.74) is 0.461. The molecule has 4 nitrogen and oxygen atoms in total. The predicted molar refractivity (Wildman–Crippen MR) is 96.2 cm³/mol. The van der Waals surface area contributed by atoms with E-state index in [1.807, 2.05) is 24.3 Å². The number of benzene rings is 1. The second-order valence-corrected chi connectivity index (χ2v) is 8.05. The van der Waals surface area contributed by atoms with Crippen molar-refractivity contribution in [3.63, 3.8) is 0 Å². The Labute approximate surface area is 157 Å². The monoisotopic (exact) mass is 379 g/mol. The van der Waals surface area contributed by atoms with Crippen molar-refractivity contribution >= 4 is 5.91 Å². The Bertz CT molecular complexity index is 851. The van der Waals surface area contributed by atoms with E-state index in [9.17, 15) is 18.0 Å². The first kappa shape index (κ1) is 19.5. The van der Waals surface area contributed by atoms with Crippen LogP contribution in [0.4, 0.5) is 13.2 Å². The second kappa shape index (κ2) is 7.02. The highest BCUT2D eigenvalue weighted by molar-refractivity contribution is 5.96. The molecule has 1 aliphatic rings. The zero-order valence-electron chi connectivity index (χ0n) is 16.0. The molecule has 0 saturated heterocycles. The van der Waals surface area contributed by atoms with Crippen LogP contribution in [0.25, 0.3) is 0 Å². The molecule has 0 spiro atoms. The Hall–Kier alpha value is -2.31. The van der Waals surface area contributed by atoms with Crippen LogP contribution in [0, 0.1) is 5.95 Å². The van der Waals surface area contributed by atoms with Crippen LogP contribution in [-0.2, 0) is 19.0 Å². The maximum absolute atomic E-state index is 14.4. The number of hydrogen-bond acceptors (Lipinski definition) is 2. The number of carbonyl (C=O) groups is 1. The molecule has 0 unspecified atom stereocenters. The minimum atomic E-state index is -3.01. The lowest BCUT2D eigenvalue weighted by Crippen LogP contribution is -2.34. The summed E-state index contributed by atoms with van der Waals surface area (Å²) in [5.74, 6) is -1.74. The highest BCUT2D eigenvalue weighted by Crippen LogP contribution is 2.34. The molecule has 1 aromatic carbocycles. The molecule has 1 fully saturated rings. The molecule has 0 atom stereocenters. The van der Waals surface area contributed by atoms with Gasteiger partial charge in [-0.25, -0.2) is 13.5 Å². The predicted octanol–water partition coefficient (Wildman–Crippen LogP) is 4.60. The molecule has 1 amide bonds. The van der Waals surface area contributed by atoms with E-state index in [1.165, 1.54) is 11.9 Å². The van der Waals surface area contributed by atoms with Crippen molar-refractivity contribution in [2.24, 2.45) is 7.05 Å². The van der Waals surface area contributed by atoms with Crippen molar-refractivity contribution < 1.29 is 18.0 Å². The molecule has 1 aliphatic carbocycles. The summed E-state index contributed by atoms with van der Waals surface area (Å²) in [7, 11) is 1.22. The van der Waals surface area contributed by atoms with Gasteiger partial charge in [0, 0.05) is 19.6 Å². The van der Waals surface area contributed by atoms with Crippen LogP contribution >= 0.6 is 0 Å².